The molecule has 3 saturated heterocycles. The van der Waals surface area contributed by atoms with Gasteiger partial charge in [0, 0.05) is 173 Å². The summed E-state index contributed by atoms with van der Waals surface area (Å²) in [5, 5.41) is 31.2. The Morgan fingerprint density at radius 1 is 0.305 bits per heavy atom. The molecule has 3 heterocycles. The van der Waals surface area contributed by atoms with Crippen LogP contribution in [0.2, 0.25) is 0 Å². The third kappa shape index (κ3) is 47.2. The molecule has 0 aromatic carbocycles. The second-order valence-corrected chi connectivity index (χ2v) is 31.7. The third-order valence-electron chi connectivity index (χ3n) is 20.2. The van der Waals surface area contributed by atoms with Crippen LogP contribution in [0.1, 0.15) is 224 Å². The Morgan fingerprint density at radius 3 is 0.885 bits per heavy atom. The van der Waals surface area contributed by atoms with Crippen LogP contribution in [0.5, 0.6) is 0 Å². The van der Waals surface area contributed by atoms with E-state index >= 15 is 0 Å². The minimum absolute atomic E-state index is 0.0471. The SMILES string of the molecule is CC(=O)N[C@H]1[C@H](OCCCCCCNC(=O)CCO[C@@H]2[C@H](OCCC(=O)NCCCCCCO[C@@H]3O[C@H](COC(C)=O)[C@H](OC(C)=O)[C@H](OC(C)=O)[C@H]3NC(C)=O)C=C(C(=O)NCCCCCCNC(=O)CCC(=O)O)C[C@H]2OCCC(=O)NCCCCCCO[C@@H]2O[C@H](COC(C)=O)[C@H](OC(C)=O)[C@H](OC(C)=O)[C@H]2NC(C)=O)O[C@H](COC(C)=O)[C@H](OC(C)=O)[C@@H]1OC(C)=O. The molecule has 4 aliphatic rings. The number of aliphatic carboxylic acids is 1. The summed E-state index contributed by atoms with van der Waals surface area (Å²) in [6.07, 6.45) is -8.32. The fourth-order valence-corrected chi connectivity index (χ4v) is 14.5. The van der Waals surface area contributed by atoms with E-state index in [1.807, 2.05) is 0 Å². The van der Waals surface area contributed by atoms with Gasteiger partial charge in [-0.1, -0.05) is 51.4 Å². The fraction of sp³-hybridized carbons (Fsp3) is 0.767. The van der Waals surface area contributed by atoms with Gasteiger partial charge in [0.05, 0.1) is 32.3 Å². The first-order valence-electron chi connectivity index (χ1n) is 44.5. The van der Waals surface area contributed by atoms with Gasteiger partial charge in [0.25, 0.3) is 0 Å². The number of unbranched alkanes of at least 4 members (excludes halogenated alkanes) is 12. The zero-order valence-corrected chi connectivity index (χ0v) is 77.1. The molecule has 0 spiro atoms. The van der Waals surface area contributed by atoms with Gasteiger partial charge in [-0.25, -0.2) is 0 Å². The first-order chi connectivity index (χ1) is 62.3. The largest absolute Gasteiger partial charge is 0.481 e. The van der Waals surface area contributed by atoms with Crippen molar-refractivity contribution in [3.63, 3.8) is 0 Å². The smallest absolute Gasteiger partial charge is 0.303 e. The molecule has 0 radical (unpaired) electrons. The molecule has 3 fully saturated rings. The van der Waals surface area contributed by atoms with Crippen LogP contribution in [-0.2, 0) is 172 Å². The van der Waals surface area contributed by atoms with Gasteiger partial charge in [-0.15, -0.1) is 0 Å². The van der Waals surface area contributed by atoms with E-state index in [-0.39, 0.29) is 134 Å². The van der Waals surface area contributed by atoms with E-state index in [1.165, 1.54) is 41.5 Å². The van der Waals surface area contributed by atoms with Gasteiger partial charge in [0.15, 0.2) is 55.5 Å². The highest BCUT2D eigenvalue weighted by Crippen LogP contribution is 2.33. The van der Waals surface area contributed by atoms with Gasteiger partial charge in [0.1, 0.15) is 68.5 Å². The number of nitrogens with one attached hydrogen (secondary N) is 8. The molecular formula is C86H136N8O37. The average Bonchev–Trinajstić information content (AvgIpc) is 0.794. The van der Waals surface area contributed by atoms with Gasteiger partial charge in [0.2, 0.25) is 47.3 Å². The molecule has 18 atom stereocenters. The lowest BCUT2D eigenvalue weighted by Crippen LogP contribution is -2.66. The first kappa shape index (κ1) is 113. The quantitative estimate of drug-likeness (QED) is 0.0236. The maximum atomic E-state index is 14.2. The minimum Gasteiger partial charge on any atom is -0.481 e. The molecule has 45 nitrogen and oxygen atoms in total. The molecule has 3 aliphatic heterocycles. The fourth-order valence-electron chi connectivity index (χ4n) is 14.5. The van der Waals surface area contributed by atoms with E-state index in [4.69, 9.17) is 90.4 Å². The van der Waals surface area contributed by atoms with Crippen molar-refractivity contribution in [3.05, 3.63) is 11.6 Å². The van der Waals surface area contributed by atoms with E-state index in [0.717, 1.165) is 41.5 Å². The molecule has 131 heavy (non-hydrogen) atoms. The predicted octanol–water partition coefficient (Wildman–Crippen LogP) is 1.35. The average molecular weight is 1870 g/mol. The second kappa shape index (κ2) is 63.1. The summed E-state index contributed by atoms with van der Waals surface area (Å²) in [7, 11) is 0. The monoisotopic (exact) mass is 1870 g/mol. The lowest BCUT2D eigenvalue weighted by atomic mass is 9.91. The lowest BCUT2D eigenvalue weighted by Gasteiger charge is -2.44. The number of carboxylic acid groups (broad SMARTS) is 1. The third-order valence-corrected chi connectivity index (χ3v) is 20.2. The molecule has 0 unspecified atom stereocenters. The van der Waals surface area contributed by atoms with Crippen LogP contribution >= 0.6 is 0 Å². The van der Waals surface area contributed by atoms with E-state index in [2.05, 4.69) is 42.5 Å². The zero-order chi connectivity index (χ0) is 96.9. The molecule has 4 rings (SSSR count). The number of hydrogen-bond donors (Lipinski definition) is 9. The van der Waals surface area contributed by atoms with E-state index in [1.54, 1.807) is 6.08 Å². The number of rotatable bonds is 62. The maximum absolute atomic E-state index is 14.2. The van der Waals surface area contributed by atoms with Crippen molar-refractivity contribution in [2.75, 3.05) is 92.2 Å². The Labute approximate surface area is 761 Å². The first-order valence-corrected chi connectivity index (χ1v) is 44.5. The van der Waals surface area contributed by atoms with Gasteiger partial charge < -0.3 is 133 Å². The van der Waals surface area contributed by atoms with E-state index < -0.39 is 213 Å². The molecule has 1 aliphatic carbocycles. The Balaban J connectivity index is 1.46. The molecule has 8 amide bonds. The zero-order valence-electron chi connectivity index (χ0n) is 77.1. The van der Waals surface area contributed by atoms with Crippen molar-refractivity contribution in [1.29, 1.82) is 0 Å². The lowest BCUT2D eigenvalue weighted by molar-refractivity contribution is -0.277. The summed E-state index contributed by atoms with van der Waals surface area (Å²) >= 11 is 0. The predicted molar refractivity (Wildman–Crippen MR) is 451 cm³/mol. The molecule has 9 N–H and O–H groups in total. The summed E-state index contributed by atoms with van der Waals surface area (Å²) in [5.41, 5.74) is 0.240. The summed E-state index contributed by atoms with van der Waals surface area (Å²) in [6, 6.07) is -3.44. The molecule has 0 aromatic rings. The van der Waals surface area contributed by atoms with Crippen molar-refractivity contribution in [2.24, 2.45) is 0 Å². The van der Waals surface area contributed by atoms with Gasteiger partial charge in [-0.05, 0) is 57.4 Å². The van der Waals surface area contributed by atoms with Crippen molar-refractivity contribution in [2.45, 2.75) is 335 Å². The number of amides is 8. The van der Waals surface area contributed by atoms with Crippen LogP contribution < -0.4 is 42.5 Å². The molecule has 0 bridgehead atoms. The molecule has 0 aromatic heterocycles. The Bertz CT molecular complexity index is 3720. The summed E-state index contributed by atoms with van der Waals surface area (Å²) in [6.45, 7) is 13.8. The van der Waals surface area contributed by atoms with Crippen LogP contribution in [0.3, 0.4) is 0 Å². The van der Waals surface area contributed by atoms with Crippen molar-refractivity contribution in [1.82, 2.24) is 42.5 Å². The van der Waals surface area contributed by atoms with Crippen molar-refractivity contribution < 1.29 is 177 Å². The Hall–Kier alpha value is -10.2. The topological polar surface area (TPSA) is 590 Å². The van der Waals surface area contributed by atoms with Gasteiger partial charge in [-0.3, -0.25) is 86.3 Å². The minimum atomic E-state index is -1.30. The van der Waals surface area contributed by atoms with Crippen LogP contribution in [-0.4, -0.2) is 314 Å². The maximum Gasteiger partial charge on any atom is 0.303 e. The normalized spacial score (nSPS) is 23.8. The van der Waals surface area contributed by atoms with Crippen molar-refractivity contribution in [3.8, 4) is 0 Å². The number of hydrogen-bond acceptors (Lipinski definition) is 36. The van der Waals surface area contributed by atoms with Gasteiger partial charge >= 0.3 is 59.7 Å². The molecular weight excluding hydrogens is 1740 g/mol. The standard InChI is InChI=1S/C86H136N8O37/c1-50(95)92-73-80(126-59(10)104)77(123-56(7)101)65(47-120-53(4)98)129-84(73)117-39-26-18-15-22-35-88-69(108)31-42-114-63-45-62(83(113)91-38-25-14-13-21-34-87-68(107)29-30-72(111)112)46-64(115-43-32-70(109)89-36-23-16-19-27-40-118-85-74(93-51(2)96)81(127-60(11)105)78(124-57(8)102)66(130-85)48-121-54(5)99)76(63)116-44-33-71(110)90-37-24-17-20-28-41-119-86-75(94-52(3)97)82(128-61(12)106)79(125-58(9)103)67(131-86)49-122-55(6)100/h45,63-67,73-82,84-86H,13-44,46-49H2,1-12H3,(H,87,107)(H,88,108)(H,89,109)(H,90,110)(H,91,113)(H,92,95)(H,93,96)(H,94,97)(H,111,112)/t63-,64-,65-,66-,67-,73-,74-,75-,76-,77+,78+,79+,80-,81-,82-,84-,85-,86-/m1/s1. The van der Waals surface area contributed by atoms with E-state index in [0.29, 0.717) is 109 Å². The summed E-state index contributed by atoms with van der Waals surface area (Å²) in [5.74, 6) is -11.2. The number of carbonyl (C=O) groups is 18. The highest BCUT2D eigenvalue weighted by atomic mass is 16.7. The molecule has 45 heteroatoms. The Morgan fingerprint density at radius 2 is 0.588 bits per heavy atom. The number of ether oxygens (including phenoxy) is 18. The van der Waals surface area contributed by atoms with Gasteiger partial charge in [-0.2, -0.15) is 0 Å². The van der Waals surface area contributed by atoms with Crippen LogP contribution in [0, 0.1) is 0 Å². The highest BCUT2D eigenvalue weighted by Gasteiger charge is 2.55. The molecule has 742 valence electrons. The summed E-state index contributed by atoms with van der Waals surface area (Å²) in [4.78, 5) is 224. The summed E-state index contributed by atoms with van der Waals surface area (Å²) < 4.78 is 104. The van der Waals surface area contributed by atoms with Crippen LogP contribution in [0.15, 0.2) is 11.6 Å². The van der Waals surface area contributed by atoms with Crippen molar-refractivity contribution >= 4 is 107 Å². The van der Waals surface area contributed by atoms with Crippen LogP contribution in [0.4, 0.5) is 0 Å². The van der Waals surface area contributed by atoms with E-state index in [9.17, 15) is 86.3 Å². The molecule has 0 saturated carbocycles. The Kier molecular flexibility index (Phi) is 54.5. The number of esters is 9. The highest BCUT2D eigenvalue weighted by molar-refractivity contribution is 5.94. The van der Waals surface area contributed by atoms with Crippen LogP contribution in [0.25, 0.3) is 0 Å². The number of carbonyl (C=O) groups excluding carboxylic acids is 17. The number of carboxylic acids is 1. The second-order valence-electron chi connectivity index (χ2n) is 31.7.